The summed E-state index contributed by atoms with van der Waals surface area (Å²) in [7, 11) is 0. The van der Waals surface area contributed by atoms with Crippen LogP contribution in [-0.2, 0) is 17.7 Å². The van der Waals surface area contributed by atoms with Crippen molar-refractivity contribution in [3.05, 3.63) is 82.9 Å². The number of hydrogen-bond acceptors (Lipinski definition) is 4. The lowest BCUT2D eigenvalue weighted by Gasteiger charge is -2.26. The average molecular weight is 382 g/mol. The summed E-state index contributed by atoms with van der Waals surface area (Å²) < 4.78 is 0. The Hall–Kier alpha value is -1.59. The van der Waals surface area contributed by atoms with Crippen LogP contribution in [0.25, 0.3) is 0 Å². The molecule has 0 saturated carbocycles. The molecule has 4 rings (SSSR count). The number of fused-ring (bicyclic) bond motifs is 1. The second-order valence-corrected chi connectivity index (χ2v) is 7.83. The number of rotatable bonds is 7. The van der Waals surface area contributed by atoms with Crippen LogP contribution in [0.3, 0.4) is 0 Å². The van der Waals surface area contributed by atoms with Crippen LogP contribution in [0.1, 0.15) is 30.4 Å². The van der Waals surface area contributed by atoms with E-state index < -0.39 is 5.72 Å². The lowest BCUT2D eigenvalue weighted by Crippen LogP contribution is -2.35. The monoisotopic (exact) mass is 381 g/mol. The Kier molecular flexibility index (Phi) is 5.69. The Morgan fingerprint density at radius 3 is 2.41 bits per heavy atom. The van der Waals surface area contributed by atoms with Crippen LogP contribution in [0.5, 0.6) is 0 Å². The molecule has 2 aliphatic heterocycles. The zero-order chi connectivity index (χ0) is 18.7. The number of aliphatic hydroxyl groups excluding tert-OH is 1. The minimum absolute atomic E-state index is 0.301. The smallest absolute Gasteiger partial charge is 0.189 e. The number of hydroxylamine groups is 2. The summed E-state index contributed by atoms with van der Waals surface area (Å²) in [6.45, 7) is 0.790. The second kappa shape index (κ2) is 8.19. The van der Waals surface area contributed by atoms with Crippen molar-refractivity contribution in [1.29, 1.82) is 0 Å². The summed E-state index contributed by atoms with van der Waals surface area (Å²) in [6, 6.07) is 21.1. The SMILES string of the molecule is OC1CCN2OC2(/C(Cc2ccccc2)=C(\CS)CCc2ccccc2)C1. The van der Waals surface area contributed by atoms with Gasteiger partial charge < -0.3 is 5.11 Å². The second-order valence-electron chi connectivity index (χ2n) is 7.51. The fraction of sp³-hybridized carbons (Fsp3) is 0.391. The molecule has 142 valence electrons. The van der Waals surface area contributed by atoms with E-state index in [1.54, 1.807) is 0 Å². The molecule has 27 heavy (non-hydrogen) atoms. The maximum atomic E-state index is 10.3. The average Bonchev–Trinajstić information content (AvgIpc) is 3.43. The molecule has 3 atom stereocenters. The van der Waals surface area contributed by atoms with Crippen molar-refractivity contribution in [2.45, 2.75) is 43.9 Å². The number of piperidine rings is 1. The van der Waals surface area contributed by atoms with Gasteiger partial charge in [0.2, 0.25) is 0 Å². The summed E-state index contributed by atoms with van der Waals surface area (Å²) in [5.74, 6) is 0.712. The maximum Gasteiger partial charge on any atom is 0.189 e. The van der Waals surface area contributed by atoms with Crippen molar-refractivity contribution in [2.24, 2.45) is 0 Å². The lowest BCUT2D eigenvalue weighted by molar-refractivity contribution is 0.105. The summed E-state index contributed by atoms with van der Waals surface area (Å²) in [5.41, 5.74) is 4.81. The quantitative estimate of drug-likeness (QED) is 0.429. The Morgan fingerprint density at radius 1 is 1.07 bits per heavy atom. The van der Waals surface area contributed by atoms with Crippen molar-refractivity contribution in [2.75, 3.05) is 12.3 Å². The van der Waals surface area contributed by atoms with Crippen molar-refractivity contribution in [3.63, 3.8) is 0 Å². The fourth-order valence-electron chi connectivity index (χ4n) is 4.15. The van der Waals surface area contributed by atoms with Gasteiger partial charge in [-0.3, -0.25) is 4.84 Å². The molecule has 0 bridgehead atoms. The van der Waals surface area contributed by atoms with Crippen molar-refractivity contribution >= 4 is 12.6 Å². The molecular weight excluding hydrogens is 354 g/mol. The Labute approximate surface area is 167 Å². The number of nitrogens with zero attached hydrogens (tertiary/aromatic N) is 1. The molecule has 0 amide bonds. The molecule has 2 aliphatic rings. The van der Waals surface area contributed by atoms with E-state index in [1.165, 1.54) is 22.3 Å². The molecule has 2 aromatic carbocycles. The molecular formula is C23H27NO2S. The van der Waals surface area contributed by atoms with Gasteiger partial charge in [-0.05, 0) is 42.4 Å². The lowest BCUT2D eigenvalue weighted by atomic mass is 9.85. The molecule has 3 unspecified atom stereocenters. The molecule has 0 aromatic heterocycles. The van der Waals surface area contributed by atoms with E-state index >= 15 is 0 Å². The number of thiol groups is 1. The van der Waals surface area contributed by atoms with Gasteiger partial charge in [0.25, 0.3) is 0 Å². The molecule has 4 heteroatoms. The maximum absolute atomic E-state index is 10.3. The minimum atomic E-state index is -0.428. The summed E-state index contributed by atoms with van der Waals surface area (Å²) in [6.07, 6.45) is 3.93. The van der Waals surface area contributed by atoms with Crippen molar-refractivity contribution in [1.82, 2.24) is 5.06 Å². The van der Waals surface area contributed by atoms with E-state index in [0.717, 1.165) is 32.2 Å². The van der Waals surface area contributed by atoms with E-state index in [9.17, 15) is 5.11 Å². The molecule has 0 spiro atoms. The van der Waals surface area contributed by atoms with Gasteiger partial charge in [-0.15, -0.1) is 5.06 Å². The molecule has 1 N–H and O–H groups in total. The number of hydrogen-bond donors (Lipinski definition) is 2. The minimum Gasteiger partial charge on any atom is -0.393 e. The van der Waals surface area contributed by atoms with E-state index in [2.05, 4.69) is 72.3 Å². The van der Waals surface area contributed by atoms with Gasteiger partial charge in [0.1, 0.15) is 0 Å². The Morgan fingerprint density at radius 2 is 1.74 bits per heavy atom. The van der Waals surface area contributed by atoms with Gasteiger partial charge in [0, 0.05) is 18.7 Å². The third kappa shape index (κ3) is 4.14. The Bertz CT molecular complexity index is 793. The normalized spacial score (nSPS) is 27.6. The van der Waals surface area contributed by atoms with Crippen molar-refractivity contribution in [3.8, 4) is 0 Å². The largest absolute Gasteiger partial charge is 0.393 e. The topological polar surface area (TPSA) is 35.8 Å². The van der Waals surface area contributed by atoms with Gasteiger partial charge in [0.15, 0.2) is 5.72 Å². The molecule has 2 saturated heterocycles. The number of aryl methyl sites for hydroxylation is 1. The molecule has 2 fully saturated rings. The van der Waals surface area contributed by atoms with E-state index in [0.29, 0.717) is 12.2 Å². The third-order valence-corrected chi connectivity index (χ3v) is 6.06. The predicted molar refractivity (Wildman–Crippen MR) is 112 cm³/mol. The van der Waals surface area contributed by atoms with Gasteiger partial charge in [-0.1, -0.05) is 66.2 Å². The van der Waals surface area contributed by atoms with Gasteiger partial charge in [-0.25, -0.2) is 0 Å². The van der Waals surface area contributed by atoms with Crippen LogP contribution >= 0.6 is 12.6 Å². The highest BCUT2D eigenvalue weighted by molar-refractivity contribution is 7.80. The first-order chi connectivity index (χ1) is 13.2. The highest BCUT2D eigenvalue weighted by Crippen LogP contribution is 2.50. The summed E-state index contributed by atoms with van der Waals surface area (Å²) in [5, 5.41) is 12.4. The first kappa shape index (κ1) is 18.8. The highest BCUT2D eigenvalue weighted by atomic mass is 32.1. The first-order valence-electron chi connectivity index (χ1n) is 9.76. The predicted octanol–water partition coefficient (Wildman–Crippen LogP) is 4.19. The molecule has 0 aliphatic carbocycles. The van der Waals surface area contributed by atoms with Crippen LogP contribution in [0.2, 0.25) is 0 Å². The van der Waals surface area contributed by atoms with E-state index in [1.807, 2.05) is 6.07 Å². The van der Waals surface area contributed by atoms with Crippen LogP contribution in [0, 0.1) is 0 Å². The van der Waals surface area contributed by atoms with Gasteiger partial charge >= 0.3 is 0 Å². The molecule has 2 heterocycles. The zero-order valence-corrected chi connectivity index (χ0v) is 16.4. The van der Waals surface area contributed by atoms with Gasteiger partial charge in [0.05, 0.1) is 6.10 Å². The van der Waals surface area contributed by atoms with Crippen LogP contribution in [0.15, 0.2) is 71.8 Å². The van der Waals surface area contributed by atoms with Crippen LogP contribution in [0.4, 0.5) is 0 Å². The van der Waals surface area contributed by atoms with Gasteiger partial charge in [-0.2, -0.15) is 12.6 Å². The van der Waals surface area contributed by atoms with Crippen molar-refractivity contribution < 1.29 is 9.94 Å². The number of aliphatic hydroxyl groups is 1. The fourth-order valence-corrected chi connectivity index (χ4v) is 4.50. The third-order valence-electron chi connectivity index (χ3n) is 5.68. The summed E-state index contributed by atoms with van der Waals surface area (Å²) >= 11 is 4.67. The highest BCUT2D eigenvalue weighted by Gasteiger charge is 2.60. The summed E-state index contributed by atoms with van der Waals surface area (Å²) in [4.78, 5) is 6.09. The Balaban J connectivity index is 1.63. The standard InChI is InChI=1S/C23H27NO2S/c25-21-13-14-24-23(16-21,26-24)22(15-19-9-5-2-6-10-19)20(17-27)12-11-18-7-3-1-4-8-18/h1-10,21,25,27H,11-17H2/b22-20-. The van der Waals surface area contributed by atoms with E-state index in [4.69, 9.17) is 4.84 Å². The molecule has 3 nitrogen and oxygen atoms in total. The molecule has 2 aromatic rings. The first-order valence-corrected chi connectivity index (χ1v) is 10.4. The zero-order valence-electron chi connectivity index (χ0n) is 15.6. The van der Waals surface area contributed by atoms with E-state index in [-0.39, 0.29) is 6.10 Å². The van der Waals surface area contributed by atoms with Crippen LogP contribution < -0.4 is 0 Å². The number of benzene rings is 2. The van der Waals surface area contributed by atoms with Crippen LogP contribution in [-0.4, -0.2) is 34.3 Å². The molecule has 0 radical (unpaired) electrons.